The lowest BCUT2D eigenvalue weighted by atomic mass is 9.77. The molecule has 0 bridgehead atoms. The molecule has 0 aromatic heterocycles. The average molecular weight is 530 g/mol. The van der Waals surface area contributed by atoms with Gasteiger partial charge in [0.05, 0.1) is 38.9 Å². The molecule has 4 aliphatic rings. The Balaban J connectivity index is 1.52. The molecule has 2 aliphatic heterocycles. The molecule has 2 amide bonds. The molecule has 11 nitrogen and oxygen atoms in total. The third kappa shape index (κ3) is 5.15. The summed E-state index contributed by atoms with van der Waals surface area (Å²) >= 11 is 0. The first-order valence-corrected chi connectivity index (χ1v) is 13.2. The van der Waals surface area contributed by atoms with E-state index in [1.807, 2.05) is 0 Å². The van der Waals surface area contributed by atoms with Crippen LogP contribution in [0.25, 0.3) is 0 Å². The third-order valence-corrected chi connectivity index (χ3v) is 7.74. The largest absolute Gasteiger partial charge is 0.493 e. The lowest BCUT2D eigenvalue weighted by molar-refractivity contribution is -0.139. The van der Waals surface area contributed by atoms with Gasteiger partial charge in [0.1, 0.15) is 18.5 Å². The predicted octanol–water partition coefficient (Wildman–Crippen LogP) is -0.299. The van der Waals surface area contributed by atoms with Crippen molar-refractivity contribution in [2.75, 3.05) is 59.7 Å². The van der Waals surface area contributed by atoms with Gasteiger partial charge in [-0.25, -0.2) is 0 Å². The van der Waals surface area contributed by atoms with Gasteiger partial charge >= 0.3 is 0 Å². The Kier molecular flexibility index (Phi) is 7.98. The fraction of sp³-hybridized carbons (Fsp3) is 0.593. The van der Waals surface area contributed by atoms with Crippen molar-refractivity contribution >= 4 is 18.1 Å². The summed E-state index contributed by atoms with van der Waals surface area (Å²) in [6.45, 7) is 3.64. The van der Waals surface area contributed by atoms with Crippen molar-refractivity contribution < 1.29 is 38.8 Å². The maximum absolute atomic E-state index is 13.5. The monoisotopic (exact) mass is 529 g/mol. The summed E-state index contributed by atoms with van der Waals surface area (Å²) in [6, 6.07) is 2.40. The molecule has 206 valence electrons. The second-order valence-corrected chi connectivity index (χ2v) is 10.2. The normalized spacial score (nSPS) is 26.4. The number of hydrogen-bond donors (Lipinski definition) is 3. The molecule has 38 heavy (non-hydrogen) atoms. The zero-order valence-corrected chi connectivity index (χ0v) is 21.5. The van der Waals surface area contributed by atoms with E-state index in [4.69, 9.17) is 14.2 Å². The minimum atomic E-state index is -1.13. The van der Waals surface area contributed by atoms with Gasteiger partial charge in [0.15, 0.2) is 11.5 Å². The standard InChI is InChI=1S/C27H35N3O8/c1-36-21-13-16(15-32)12-18-22-19(26(34)28-4-9-31)14-20(23(33)25(22)38-24(18)21)30(27(35)17-2-3-17)6-5-29-7-10-37-11-8-29/h12-15,17,20,22-23,25,31,33H,2-11H2,1H3,(H,28,34). The Morgan fingerprint density at radius 2 is 2.03 bits per heavy atom. The molecule has 1 saturated carbocycles. The van der Waals surface area contributed by atoms with Crippen molar-refractivity contribution in [2.24, 2.45) is 5.92 Å². The highest BCUT2D eigenvalue weighted by Crippen LogP contribution is 2.51. The number of fused-ring (bicyclic) bond motifs is 3. The quantitative estimate of drug-likeness (QED) is 0.349. The van der Waals surface area contributed by atoms with E-state index in [-0.39, 0.29) is 25.0 Å². The van der Waals surface area contributed by atoms with E-state index >= 15 is 0 Å². The van der Waals surface area contributed by atoms with Crippen LogP contribution in [0.4, 0.5) is 0 Å². The van der Waals surface area contributed by atoms with Gasteiger partial charge in [0, 0.05) is 55.3 Å². The summed E-state index contributed by atoms with van der Waals surface area (Å²) in [7, 11) is 1.46. The molecule has 1 aromatic carbocycles. The molecule has 4 atom stereocenters. The molecule has 0 spiro atoms. The fourth-order valence-corrected chi connectivity index (χ4v) is 5.60. The van der Waals surface area contributed by atoms with Gasteiger partial charge in [-0.2, -0.15) is 0 Å². The fourth-order valence-electron chi connectivity index (χ4n) is 5.60. The lowest BCUT2D eigenvalue weighted by Crippen LogP contribution is -2.57. The van der Waals surface area contributed by atoms with Crippen molar-refractivity contribution in [2.45, 2.75) is 37.0 Å². The zero-order chi connectivity index (χ0) is 26.8. The van der Waals surface area contributed by atoms with Crippen molar-refractivity contribution in [3.05, 3.63) is 34.9 Å². The summed E-state index contributed by atoms with van der Waals surface area (Å²) in [5.74, 6) is -0.533. The van der Waals surface area contributed by atoms with Crippen LogP contribution in [0.2, 0.25) is 0 Å². The highest BCUT2D eigenvalue weighted by molar-refractivity contribution is 5.96. The van der Waals surface area contributed by atoms with Crippen LogP contribution in [-0.4, -0.2) is 116 Å². The SMILES string of the molecule is COc1cc(C=O)cc2c1OC1C2C(C(=O)NCCO)=CC(N(CCN2CCOCC2)C(=O)C2CC2)C1O. The maximum atomic E-state index is 13.5. The van der Waals surface area contributed by atoms with Gasteiger partial charge in [-0.3, -0.25) is 19.3 Å². The molecule has 1 aromatic rings. The Labute approximate surface area is 221 Å². The lowest BCUT2D eigenvalue weighted by Gasteiger charge is -2.41. The summed E-state index contributed by atoms with van der Waals surface area (Å²) in [5.41, 5.74) is 1.24. The number of aliphatic hydroxyl groups excluding tert-OH is 2. The number of nitrogens with zero attached hydrogens (tertiary/aromatic N) is 2. The highest BCUT2D eigenvalue weighted by Gasteiger charge is 2.52. The van der Waals surface area contributed by atoms with Crippen molar-refractivity contribution in [3.8, 4) is 11.5 Å². The van der Waals surface area contributed by atoms with Gasteiger partial charge in [-0.15, -0.1) is 0 Å². The zero-order valence-electron chi connectivity index (χ0n) is 21.5. The van der Waals surface area contributed by atoms with Gasteiger partial charge in [-0.05, 0) is 31.1 Å². The number of carbonyl (C=O) groups is 3. The van der Waals surface area contributed by atoms with Gasteiger partial charge in [-0.1, -0.05) is 0 Å². The number of carbonyl (C=O) groups excluding carboxylic acids is 3. The Bertz CT molecular complexity index is 1100. The number of benzene rings is 1. The Morgan fingerprint density at radius 3 is 2.68 bits per heavy atom. The molecule has 0 radical (unpaired) electrons. The number of ether oxygens (including phenoxy) is 3. The number of amides is 2. The van der Waals surface area contributed by atoms with Crippen LogP contribution in [0.15, 0.2) is 23.8 Å². The van der Waals surface area contributed by atoms with Crippen molar-refractivity contribution in [1.29, 1.82) is 0 Å². The number of morpholine rings is 1. The van der Waals surface area contributed by atoms with E-state index in [1.54, 1.807) is 23.1 Å². The maximum Gasteiger partial charge on any atom is 0.247 e. The van der Waals surface area contributed by atoms with Crippen LogP contribution in [0.3, 0.4) is 0 Å². The predicted molar refractivity (Wildman–Crippen MR) is 135 cm³/mol. The number of aliphatic hydroxyl groups is 2. The number of methoxy groups -OCH3 is 1. The first kappa shape index (κ1) is 26.6. The number of aldehydes is 1. The van der Waals surface area contributed by atoms with Gasteiger partial charge in [0.25, 0.3) is 0 Å². The smallest absolute Gasteiger partial charge is 0.247 e. The molecule has 5 rings (SSSR count). The average Bonchev–Trinajstić information content (AvgIpc) is 3.73. The van der Waals surface area contributed by atoms with Crippen LogP contribution >= 0.6 is 0 Å². The van der Waals surface area contributed by atoms with Crippen LogP contribution in [-0.2, 0) is 14.3 Å². The van der Waals surface area contributed by atoms with Crippen LogP contribution in [0, 0.1) is 5.92 Å². The molecule has 1 saturated heterocycles. The third-order valence-electron chi connectivity index (χ3n) is 7.74. The van der Waals surface area contributed by atoms with E-state index in [0.717, 1.165) is 25.9 Å². The van der Waals surface area contributed by atoms with E-state index < -0.39 is 30.1 Å². The summed E-state index contributed by atoms with van der Waals surface area (Å²) < 4.78 is 17.1. The van der Waals surface area contributed by atoms with Crippen LogP contribution in [0.1, 0.15) is 34.7 Å². The minimum Gasteiger partial charge on any atom is -0.493 e. The molecule has 2 heterocycles. The first-order valence-electron chi connectivity index (χ1n) is 13.2. The van der Waals surface area contributed by atoms with E-state index in [2.05, 4.69) is 10.2 Å². The summed E-state index contributed by atoms with van der Waals surface area (Å²) in [4.78, 5) is 42.4. The van der Waals surface area contributed by atoms with Crippen molar-refractivity contribution in [1.82, 2.24) is 15.1 Å². The molecule has 2 fully saturated rings. The molecular formula is C27H35N3O8. The first-order chi connectivity index (χ1) is 18.5. The summed E-state index contributed by atoms with van der Waals surface area (Å²) in [5, 5.41) is 23.7. The Morgan fingerprint density at radius 1 is 1.26 bits per heavy atom. The van der Waals surface area contributed by atoms with Crippen molar-refractivity contribution in [3.63, 3.8) is 0 Å². The van der Waals surface area contributed by atoms with E-state index in [9.17, 15) is 24.6 Å². The molecule has 2 aliphatic carbocycles. The summed E-state index contributed by atoms with van der Waals surface area (Å²) in [6.07, 6.45) is 1.97. The van der Waals surface area contributed by atoms with E-state index in [1.165, 1.54) is 7.11 Å². The Hall–Kier alpha value is -2.99. The molecule has 4 unspecified atom stereocenters. The second-order valence-electron chi connectivity index (χ2n) is 10.2. The number of nitrogens with one attached hydrogen (secondary N) is 1. The molecule has 11 heteroatoms. The molecular weight excluding hydrogens is 494 g/mol. The van der Waals surface area contributed by atoms with Gasteiger partial charge in [0.2, 0.25) is 11.8 Å². The number of hydrogen-bond acceptors (Lipinski definition) is 9. The van der Waals surface area contributed by atoms with Crippen LogP contribution < -0.4 is 14.8 Å². The number of rotatable bonds is 10. The topological polar surface area (TPSA) is 138 Å². The van der Waals surface area contributed by atoms with E-state index in [0.29, 0.717) is 60.8 Å². The molecule has 3 N–H and O–H groups in total. The highest BCUT2D eigenvalue weighted by atomic mass is 16.5. The van der Waals surface area contributed by atoms with Gasteiger partial charge < -0.3 is 34.6 Å². The van der Waals surface area contributed by atoms with Crippen LogP contribution in [0.5, 0.6) is 11.5 Å². The second kappa shape index (κ2) is 11.4. The minimum absolute atomic E-state index is 0.0385.